The summed E-state index contributed by atoms with van der Waals surface area (Å²) in [6.07, 6.45) is 7.79. The maximum Gasteiger partial charge on any atom is 0.143 e. The van der Waals surface area contributed by atoms with E-state index in [0.717, 1.165) is 58.4 Å². The largest absolute Gasteiger partial charge is 0.390 e. The Bertz CT molecular complexity index is 1370. The number of hydrogen-bond acceptors (Lipinski definition) is 6. The van der Waals surface area contributed by atoms with Gasteiger partial charge in [0.05, 0.1) is 28.4 Å². The van der Waals surface area contributed by atoms with Crippen LogP contribution in [0.1, 0.15) is 43.0 Å². The third-order valence-electron chi connectivity index (χ3n) is 7.57. The Morgan fingerprint density at radius 1 is 1.09 bits per heavy atom. The fourth-order valence-electron chi connectivity index (χ4n) is 5.42. The highest BCUT2D eigenvalue weighted by Crippen LogP contribution is 2.40. The molecule has 3 aromatic heterocycles. The van der Waals surface area contributed by atoms with Gasteiger partial charge in [-0.2, -0.15) is 0 Å². The average Bonchev–Trinajstić information content (AvgIpc) is 3.47. The second-order valence-corrected chi connectivity index (χ2v) is 10.3. The fourth-order valence-corrected chi connectivity index (χ4v) is 5.58. The number of hydrogen-bond donors (Lipinski definition) is 3. The summed E-state index contributed by atoms with van der Waals surface area (Å²) in [5.41, 5.74) is 9.73. The first-order chi connectivity index (χ1) is 16.5. The Hall–Kier alpha value is -2.74. The zero-order valence-electron chi connectivity index (χ0n) is 18.8. The molecule has 2 aliphatic carbocycles. The predicted octanol–water partition coefficient (Wildman–Crippen LogP) is 4.08. The van der Waals surface area contributed by atoms with Crippen molar-refractivity contribution in [3.05, 3.63) is 59.1 Å². The van der Waals surface area contributed by atoms with Crippen LogP contribution in [0.25, 0.3) is 21.9 Å². The quantitative estimate of drug-likeness (QED) is 0.386. The zero-order chi connectivity index (χ0) is 23.4. The van der Waals surface area contributed by atoms with Gasteiger partial charge >= 0.3 is 0 Å². The number of aliphatic hydroxyl groups excluding tert-OH is 2. The molecule has 7 nitrogen and oxygen atoms in total. The van der Waals surface area contributed by atoms with Gasteiger partial charge in [-0.05, 0) is 74.1 Å². The minimum absolute atomic E-state index is 0.0100. The summed E-state index contributed by atoms with van der Waals surface area (Å²) < 4.78 is 2.04. The van der Waals surface area contributed by atoms with Gasteiger partial charge in [0.2, 0.25) is 0 Å². The molecule has 0 aliphatic heterocycles. The summed E-state index contributed by atoms with van der Waals surface area (Å²) in [6, 6.07) is 9.75. The van der Waals surface area contributed by atoms with Gasteiger partial charge in [0.15, 0.2) is 0 Å². The Morgan fingerprint density at radius 2 is 1.94 bits per heavy atom. The monoisotopic (exact) mass is 477 g/mol. The lowest BCUT2D eigenvalue weighted by molar-refractivity contribution is 0.00545. The molecule has 0 bridgehead atoms. The van der Waals surface area contributed by atoms with Crippen molar-refractivity contribution in [2.75, 3.05) is 5.73 Å². The highest BCUT2D eigenvalue weighted by atomic mass is 35.5. The second kappa shape index (κ2) is 8.48. The minimum atomic E-state index is -0.831. The van der Waals surface area contributed by atoms with E-state index in [4.69, 9.17) is 17.3 Å². The van der Waals surface area contributed by atoms with Crippen LogP contribution in [-0.4, -0.2) is 41.9 Å². The van der Waals surface area contributed by atoms with Crippen LogP contribution in [0.3, 0.4) is 0 Å². The standard InChI is InChI=1S/C26H28ClN5O2/c27-19-11-16-5-3-15(9-20(16)31-25(19)28)4-6-17-12-22(24(34)23(17)33)32-8-7-18-21(10-14-1-2-14)29-13-30-26(18)32/h3,5,7-9,11,13-14,17,22-24,33-34H,1-2,4,6,10,12H2,(H2,28,31)/t17-,22+,23+,24-/m0/s1. The Morgan fingerprint density at radius 3 is 2.76 bits per heavy atom. The third kappa shape index (κ3) is 3.91. The molecule has 0 saturated heterocycles. The molecule has 2 aliphatic rings. The first-order valence-corrected chi connectivity index (χ1v) is 12.4. The van der Waals surface area contributed by atoms with E-state index in [1.165, 1.54) is 12.8 Å². The summed E-state index contributed by atoms with van der Waals surface area (Å²) in [5.74, 6) is 1.05. The molecule has 1 aromatic carbocycles. The van der Waals surface area contributed by atoms with Gasteiger partial charge in [-0.25, -0.2) is 15.0 Å². The van der Waals surface area contributed by atoms with Gasteiger partial charge in [-0.15, -0.1) is 0 Å². The molecular formula is C26H28ClN5O2. The van der Waals surface area contributed by atoms with Crippen LogP contribution in [0.4, 0.5) is 5.82 Å². The van der Waals surface area contributed by atoms with Gasteiger partial charge < -0.3 is 20.5 Å². The number of aryl methyl sites for hydroxylation is 1. The minimum Gasteiger partial charge on any atom is -0.390 e. The van der Waals surface area contributed by atoms with E-state index in [9.17, 15) is 10.2 Å². The molecule has 3 heterocycles. The molecule has 2 saturated carbocycles. The number of nitrogen functional groups attached to an aromatic ring is 1. The highest BCUT2D eigenvalue weighted by Gasteiger charge is 2.42. The van der Waals surface area contributed by atoms with Crippen LogP contribution in [0.5, 0.6) is 0 Å². The number of rotatable bonds is 6. The van der Waals surface area contributed by atoms with Gasteiger partial charge in [0.1, 0.15) is 23.9 Å². The zero-order valence-corrected chi connectivity index (χ0v) is 19.6. The summed E-state index contributed by atoms with van der Waals surface area (Å²) in [6.45, 7) is 0. The van der Waals surface area contributed by atoms with Crippen molar-refractivity contribution >= 4 is 39.4 Å². The average molecular weight is 478 g/mol. The second-order valence-electron chi connectivity index (χ2n) is 9.89. The fraction of sp³-hybridized carbons (Fsp3) is 0.423. The normalized spacial score (nSPS) is 24.9. The van der Waals surface area contributed by atoms with Gasteiger partial charge in [-0.1, -0.05) is 23.7 Å². The van der Waals surface area contributed by atoms with Crippen molar-refractivity contribution in [2.45, 2.75) is 56.8 Å². The summed E-state index contributed by atoms with van der Waals surface area (Å²) >= 11 is 6.08. The van der Waals surface area contributed by atoms with E-state index in [2.05, 4.69) is 27.1 Å². The van der Waals surface area contributed by atoms with Crippen molar-refractivity contribution in [2.24, 2.45) is 11.8 Å². The SMILES string of the molecule is Nc1nc2cc(CC[C@H]3C[C@@H](n4ccc5c(CC6CC6)ncnc54)[C@H](O)[C@@H]3O)ccc2cc1Cl. The molecule has 0 amide bonds. The maximum absolute atomic E-state index is 10.9. The van der Waals surface area contributed by atoms with E-state index in [-0.39, 0.29) is 12.0 Å². The molecule has 4 atom stereocenters. The van der Waals surface area contributed by atoms with Crippen molar-refractivity contribution in [1.82, 2.24) is 19.5 Å². The molecule has 0 spiro atoms. The van der Waals surface area contributed by atoms with E-state index < -0.39 is 12.2 Å². The number of anilines is 1. The number of pyridine rings is 1. The van der Waals surface area contributed by atoms with Crippen molar-refractivity contribution < 1.29 is 10.2 Å². The molecule has 6 rings (SSSR count). The maximum atomic E-state index is 10.9. The van der Waals surface area contributed by atoms with Gasteiger partial charge in [0.25, 0.3) is 0 Å². The molecule has 176 valence electrons. The van der Waals surface area contributed by atoms with Crippen molar-refractivity contribution in [3.8, 4) is 0 Å². The number of halogens is 1. The first kappa shape index (κ1) is 21.8. The molecule has 8 heteroatoms. The van der Waals surface area contributed by atoms with Crippen LogP contribution in [0.15, 0.2) is 42.9 Å². The molecule has 0 unspecified atom stereocenters. The first-order valence-electron chi connectivity index (χ1n) is 12.0. The van der Waals surface area contributed by atoms with Crippen LogP contribution in [0.2, 0.25) is 5.02 Å². The Kier molecular flexibility index (Phi) is 5.43. The molecular weight excluding hydrogens is 450 g/mol. The lowest BCUT2D eigenvalue weighted by Gasteiger charge is -2.19. The smallest absolute Gasteiger partial charge is 0.143 e. The summed E-state index contributed by atoms with van der Waals surface area (Å²) in [5, 5.41) is 24.2. The Labute approximate surface area is 202 Å². The van der Waals surface area contributed by atoms with E-state index in [1.54, 1.807) is 6.33 Å². The third-order valence-corrected chi connectivity index (χ3v) is 7.87. The van der Waals surface area contributed by atoms with Crippen molar-refractivity contribution in [1.29, 1.82) is 0 Å². The number of aromatic nitrogens is 4. The highest BCUT2D eigenvalue weighted by molar-refractivity contribution is 6.33. The molecule has 4 aromatic rings. The van der Waals surface area contributed by atoms with Gasteiger partial charge in [-0.3, -0.25) is 0 Å². The molecule has 2 fully saturated rings. The van der Waals surface area contributed by atoms with E-state index in [0.29, 0.717) is 17.3 Å². The Balaban J connectivity index is 1.19. The molecule has 4 N–H and O–H groups in total. The van der Waals surface area contributed by atoms with Crippen LogP contribution < -0.4 is 5.73 Å². The summed E-state index contributed by atoms with van der Waals surface area (Å²) in [7, 11) is 0. The lowest BCUT2D eigenvalue weighted by atomic mass is 9.95. The number of nitrogens with two attached hydrogens (primary N) is 1. The topological polar surface area (TPSA) is 110 Å². The molecule has 34 heavy (non-hydrogen) atoms. The predicted molar refractivity (Wildman–Crippen MR) is 133 cm³/mol. The summed E-state index contributed by atoms with van der Waals surface area (Å²) in [4.78, 5) is 13.4. The van der Waals surface area contributed by atoms with Crippen LogP contribution >= 0.6 is 11.6 Å². The molecule has 0 radical (unpaired) electrons. The van der Waals surface area contributed by atoms with Crippen LogP contribution in [-0.2, 0) is 12.8 Å². The van der Waals surface area contributed by atoms with Crippen molar-refractivity contribution in [3.63, 3.8) is 0 Å². The number of aliphatic hydroxyl groups is 2. The van der Waals surface area contributed by atoms with Crippen LogP contribution in [0, 0.1) is 11.8 Å². The number of nitrogens with zero attached hydrogens (tertiary/aromatic N) is 4. The van der Waals surface area contributed by atoms with Gasteiger partial charge in [0, 0.05) is 17.0 Å². The number of benzene rings is 1. The lowest BCUT2D eigenvalue weighted by Crippen LogP contribution is -2.29. The number of fused-ring (bicyclic) bond motifs is 2. The van der Waals surface area contributed by atoms with E-state index >= 15 is 0 Å². The van der Waals surface area contributed by atoms with E-state index in [1.807, 2.05) is 29.0 Å².